The van der Waals surface area contributed by atoms with Crippen LogP contribution in [0.3, 0.4) is 0 Å². The summed E-state index contributed by atoms with van der Waals surface area (Å²) in [6.07, 6.45) is 1.96. The van der Waals surface area contributed by atoms with Gasteiger partial charge in [-0.05, 0) is 12.3 Å². The first-order valence-corrected chi connectivity index (χ1v) is 6.73. The van der Waals surface area contributed by atoms with E-state index in [1.54, 1.807) is 4.90 Å². The molecule has 2 rings (SSSR count). The molecule has 4 N–H and O–H groups in total. The van der Waals surface area contributed by atoms with Crippen LogP contribution in [-0.4, -0.2) is 45.0 Å². The second-order valence-corrected chi connectivity index (χ2v) is 5.15. The van der Waals surface area contributed by atoms with Crippen molar-refractivity contribution in [3.05, 3.63) is 6.33 Å². The number of nitrogens with two attached hydrogens (primary N) is 1. The number of nitriles is 1. The molecule has 21 heavy (non-hydrogen) atoms. The highest BCUT2D eigenvalue weighted by atomic mass is 16.3. The van der Waals surface area contributed by atoms with Crippen LogP contribution in [0.5, 0.6) is 5.75 Å². The molecule has 0 spiro atoms. The third-order valence-corrected chi connectivity index (χ3v) is 3.71. The second-order valence-electron chi connectivity index (χ2n) is 5.15. The van der Waals surface area contributed by atoms with Crippen LogP contribution in [-0.2, 0) is 4.79 Å². The molecule has 1 aromatic rings. The van der Waals surface area contributed by atoms with Gasteiger partial charge >= 0.3 is 0 Å². The van der Waals surface area contributed by atoms with Crippen molar-refractivity contribution >= 4 is 17.5 Å². The van der Waals surface area contributed by atoms with Crippen molar-refractivity contribution in [1.82, 2.24) is 14.9 Å². The number of carbonyl (C=O) groups excluding carboxylic acids is 1. The van der Waals surface area contributed by atoms with Gasteiger partial charge in [0.15, 0.2) is 11.6 Å². The minimum absolute atomic E-state index is 0.00776. The number of anilines is 2. The molecule has 1 fully saturated rings. The van der Waals surface area contributed by atoms with Gasteiger partial charge in [-0.15, -0.1) is 0 Å². The Labute approximate surface area is 122 Å². The van der Waals surface area contributed by atoms with E-state index in [-0.39, 0.29) is 35.8 Å². The van der Waals surface area contributed by atoms with Crippen LogP contribution in [0.25, 0.3) is 0 Å². The van der Waals surface area contributed by atoms with Gasteiger partial charge in [-0.25, -0.2) is 9.97 Å². The zero-order chi connectivity index (χ0) is 15.4. The minimum atomic E-state index is -0.190. The summed E-state index contributed by atoms with van der Waals surface area (Å²) in [6, 6.07) is 1.80. The molecule has 8 heteroatoms. The number of aromatic hydroxyl groups is 1. The quantitative estimate of drug-likeness (QED) is 0.731. The minimum Gasteiger partial charge on any atom is -0.502 e. The summed E-state index contributed by atoms with van der Waals surface area (Å²) in [7, 11) is 0. The number of carbonyl (C=O) groups is 1. The fourth-order valence-corrected chi connectivity index (χ4v) is 2.34. The predicted molar refractivity (Wildman–Crippen MR) is 76.1 cm³/mol. The summed E-state index contributed by atoms with van der Waals surface area (Å²) in [5, 5.41) is 21.6. The zero-order valence-corrected chi connectivity index (χ0v) is 11.8. The standard InChI is InChI=1S/C13H18N6O2/c1-8-3-5-19(10(20)2-4-14)6-9(8)18-13-11(21)12(15)16-7-17-13/h7-9,21H,2-3,5-6H2,1H3,(H3,15,16,17,18). The molecular weight excluding hydrogens is 272 g/mol. The largest absolute Gasteiger partial charge is 0.502 e. The Bertz CT molecular complexity index is 570. The van der Waals surface area contributed by atoms with Gasteiger partial charge in [-0.3, -0.25) is 4.79 Å². The molecule has 1 aliphatic heterocycles. The van der Waals surface area contributed by atoms with Crippen molar-refractivity contribution in [2.45, 2.75) is 25.8 Å². The topological polar surface area (TPSA) is 128 Å². The van der Waals surface area contributed by atoms with Crippen molar-refractivity contribution in [3.8, 4) is 11.8 Å². The van der Waals surface area contributed by atoms with Gasteiger partial charge in [-0.1, -0.05) is 6.92 Å². The van der Waals surface area contributed by atoms with Gasteiger partial charge in [0.1, 0.15) is 12.7 Å². The average Bonchev–Trinajstić information content (AvgIpc) is 2.46. The molecule has 1 saturated heterocycles. The van der Waals surface area contributed by atoms with Crippen molar-refractivity contribution in [1.29, 1.82) is 5.26 Å². The smallest absolute Gasteiger partial charge is 0.236 e. The molecule has 1 aliphatic rings. The van der Waals surface area contributed by atoms with Crippen molar-refractivity contribution in [3.63, 3.8) is 0 Å². The highest BCUT2D eigenvalue weighted by molar-refractivity contribution is 5.78. The first-order chi connectivity index (χ1) is 10.0. The van der Waals surface area contributed by atoms with Crippen molar-refractivity contribution < 1.29 is 9.90 Å². The molecular formula is C13H18N6O2. The third kappa shape index (κ3) is 3.31. The average molecular weight is 290 g/mol. The lowest BCUT2D eigenvalue weighted by molar-refractivity contribution is -0.131. The monoisotopic (exact) mass is 290 g/mol. The number of aromatic nitrogens is 2. The predicted octanol–water partition coefficient (Wildman–Crippen LogP) is 0.327. The maximum absolute atomic E-state index is 11.8. The second kappa shape index (κ2) is 6.26. The molecule has 112 valence electrons. The van der Waals surface area contributed by atoms with Gasteiger partial charge < -0.3 is 21.1 Å². The van der Waals surface area contributed by atoms with Gasteiger partial charge in [0, 0.05) is 19.1 Å². The number of piperidine rings is 1. The lowest BCUT2D eigenvalue weighted by Gasteiger charge is -2.37. The van der Waals surface area contributed by atoms with Crippen LogP contribution in [0.15, 0.2) is 6.33 Å². The molecule has 0 saturated carbocycles. The summed E-state index contributed by atoms with van der Waals surface area (Å²) in [5.74, 6) is 0.196. The molecule has 0 aromatic carbocycles. The van der Waals surface area contributed by atoms with E-state index in [1.807, 2.05) is 6.07 Å². The number of nitrogens with one attached hydrogen (secondary N) is 1. The lowest BCUT2D eigenvalue weighted by atomic mass is 9.93. The number of rotatable bonds is 3. The molecule has 0 aliphatic carbocycles. The Morgan fingerprint density at radius 3 is 3.14 bits per heavy atom. The number of nitrogen functional groups attached to an aromatic ring is 1. The van der Waals surface area contributed by atoms with Crippen LogP contribution in [0.1, 0.15) is 19.8 Å². The Morgan fingerprint density at radius 2 is 2.43 bits per heavy atom. The molecule has 2 atom stereocenters. The maximum Gasteiger partial charge on any atom is 0.236 e. The van der Waals surface area contributed by atoms with Gasteiger partial charge in [-0.2, -0.15) is 5.26 Å². The molecule has 2 heterocycles. The molecule has 2 unspecified atom stereocenters. The van der Waals surface area contributed by atoms with Crippen molar-refractivity contribution in [2.24, 2.45) is 5.92 Å². The Hall–Kier alpha value is -2.56. The zero-order valence-electron chi connectivity index (χ0n) is 11.8. The van der Waals surface area contributed by atoms with E-state index in [2.05, 4.69) is 22.2 Å². The van der Waals surface area contributed by atoms with Gasteiger partial charge in [0.25, 0.3) is 0 Å². The summed E-state index contributed by atoms with van der Waals surface area (Å²) >= 11 is 0. The fourth-order valence-electron chi connectivity index (χ4n) is 2.34. The van der Waals surface area contributed by atoms with E-state index in [4.69, 9.17) is 11.0 Å². The molecule has 0 bridgehead atoms. The summed E-state index contributed by atoms with van der Waals surface area (Å²) in [4.78, 5) is 21.1. The Balaban J connectivity index is 2.09. The first kappa shape index (κ1) is 14.8. The summed E-state index contributed by atoms with van der Waals surface area (Å²) in [5.41, 5.74) is 5.53. The van der Waals surface area contributed by atoms with Crippen LogP contribution in [0.2, 0.25) is 0 Å². The lowest BCUT2D eigenvalue weighted by Crippen LogP contribution is -2.49. The SMILES string of the molecule is CC1CCN(C(=O)CC#N)CC1Nc1ncnc(N)c1O. The van der Waals surface area contributed by atoms with Crippen LogP contribution in [0.4, 0.5) is 11.6 Å². The number of hydrogen-bond donors (Lipinski definition) is 3. The maximum atomic E-state index is 11.8. The van der Waals surface area contributed by atoms with E-state index >= 15 is 0 Å². The molecule has 0 radical (unpaired) electrons. The number of nitrogens with zero attached hydrogens (tertiary/aromatic N) is 4. The normalized spacial score (nSPS) is 21.6. The van der Waals surface area contributed by atoms with E-state index in [0.717, 1.165) is 6.42 Å². The van der Waals surface area contributed by atoms with E-state index in [9.17, 15) is 9.90 Å². The number of likely N-dealkylation sites (tertiary alicyclic amines) is 1. The van der Waals surface area contributed by atoms with Crippen LogP contribution >= 0.6 is 0 Å². The highest BCUT2D eigenvalue weighted by Crippen LogP contribution is 2.28. The number of hydrogen-bond acceptors (Lipinski definition) is 7. The first-order valence-electron chi connectivity index (χ1n) is 6.73. The van der Waals surface area contributed by atoms with Gasteiger partial charge in [0.2, 0.25) is 11.7 Å². The summed E-state index contributed by atoms with van der Waals surface area (Å²) in [6.45, 7) is 3.16. The van der Waals surface area contributed by atoms with Crippen LogP contribution in [0, 0.1) is 17.2 Å². The molecule has 8 nitrogen and oxygen atoms in total. The van der Waals surface area contributed by atoms with E-state index in [1.165, 1.54) is 6.33 Å². The Morgan fingerprint density at radius 1 is 1.67 bits per heavy atom. The Kier molecular flexibility index (Phi) is 4.42. The van der Waals surface area contributed by atoms with Crippen molar-refractivity contribution in [2.75, 3.05) is 24.1 Å². The van der Waals surface area contributed by atoms with E-state index < -0.39 is 0 Å². The molecule has 1 amide bonds. The van der Waals surface area contributed by atoms with E-state index in [0.29, 0.717) is 19.0 Å². The fraction of sp³-hybridized carbons (Fsp3) is 0.538. The van der Waals surface area contributed by atoms with Crippen LogP contribution < -0.4 is 11.1 Å². The highest BCUT2D eigenvalue weighted by Gasteiger charge is 2.29. The van der Waals surface area contributed by atoms with Gasteiger partial charge in [0.05, 0.1) is 6.07 Å². The number of amides is 1. The molecule has 1 aromatic heterocycles. The third-order valence-electron chi connectivity index (χ3n) is 3.71. The summed E-state index contributed by atoms with van der Waals surface area (Å²) < 4.78 is 0.